The Bertz CT molecular complexity index is 255. The van der Waals surface area contributed by atoms with E-state index in [2.05, 4.69) is 16.3 Å². The minimum absolute atomic E-state index is 1.10. The van der Waals surface area contributed by atoms with Gasteiger partial charge in [0.15, 0.2) is 0 Å². The summed E-state index contributed by atoms with van der Waals surface area (Å²) in [6.07, 6.45) is -13.1. The third-order valence-electron chi connectivity index (χ3n) is 1.41. The van der Waals surface area contributed by atoms with E-state index in [1.807, 2.05) is 0 Å². The van der Waals surface area contributed by atoms with E-state index in [1.54, 1.807) is 0 Å². The van der Waals surface area contributed by atoms with Crippen LogP contribution in [-0.2, 0) is 9.53 Å². The summed E-state index contributed by atoms with van der Waals surface area (Å²) in [5.74, 6) is -2.58. The monoisotopic (exact) mass is 272 g/mol. The van der Waals surface area contributed by atoms with Crippen molar-refractivity contribution in [2.45, 2.75) is 37.2 Å². The van der Waals surface area contributed by atoms with Crippen LogP contribution in [0.3, 0.4) is 0 Å². The molecule has 0 aliphatic heterocycles. The summed E-state index contributed by atoms with van der Waals surface area (Å²) >= 11 is 4.36. The minimum Gasteiger partial charge on any atom is -0.461 e. The summed E-state index contributed by atoms with van der Waals surface area (Å²) in [6.45, 7) is 2.20. The molecular weight excluding hydrogens is 266 g/mol. The molecular formula is C7H7ClF6O2. The van der Waals surface area contributed by atoms with Gasteiger partial charge in [0, 0.05) is 0 Å². The molecule has 0 bridgehead atoms. The van der Waals surface area contributed by atoms with Crippen molar-refractivity contribution in [3.05, 3.63) is 0 Å². The standard InChI is InChI=1S/C7H7ClF6O2/c1-3(2)16-4(15)5(8,6(9,10)11)7(12,13)14/h3H,1-2H3. The molecule has 0 spiro atoms. The average Bonchev–Trinajstić information content (AvgIpc) is 1.96. The highest BCUT2D eigenvalue weighted by atomic mass is 35.5. The fourth-order valence-corrected chi connectivity index (χ4v) is 0.732. The second kappa shape index (κ2) is 4.31. The number of hydrogen-bond acceptors (Lipinski definition) is 2. The van der Waals surface area contributed by atoms with E-state index in [0.29, 0.717) is 0 Å². The van der Waals surface area contributed by atoms with Crippen molar-refractivity contribution in [1.29, 1.82) is 0 Å². The second-order valence-electron chi connectivity index (χ2n) is 3.11. The van der Waals surface area contributed by atoms with E-state index in [-0.39, 0.29) is 0 Å². The molecule has 0 aliphatic rings. The zero-order valence-corrected chi connectivity index (χ0v) is 8.80. The highest BCUT2D eigenvalue weighted by molar-refractivity contribution is 6.35. The predicted octanol–water partition coefficient (Wildman–Crippen LogP) is 3.04. The molecule has 0 radical (unpaired) electrons. The summed E-state index contributed by atoms with van der Waals surface area (Å²) in [5.41, 5.74) is 0. The molecule has 0 amide bonds. The molecule has 2 nitrogen and oxygen atoms in total. The van der Waals surface area contributed by atoms with Crippen LogP contribution in [0, 0.1) is 0 Å². The van der Waals surface area contributed by atoms with Gasteiger partial charge in [-0.25, -0.2) is 4.79 Å². The molecule has 0 aromatic heterocycles. The molecule has 0 aromatic rings. The molecule has 9 heteroatoms. The van der Waals surface area contributed by atoms with Crippen LogP contribution in [0.25, 0.3) is 0 Å². The van der Waals surface area contributed by atoms with Crippen LogP contribution < -0.4 is 0 Å². The van der Waals surface area contributed by atoms with Crippen LogP contribution in [0.1, 0.15) is 13.8 Å². The van der Waals surface area contributed by atoms with Gasteiger partial charge in [0.05, 0.1) is 6.10 Å². The second-order valence-corrected chi connectivity index (χ2v) is 3.68. The van der Waals surface area contributed by atoms with Crippen molar-refractivity contribution in [3.63, 3.8) is 0 Å². The Morgan fingerprint density at radius 3 is 1.56 bits per heavy atom. The van der Waals surface area contributed by atoms with Crippen molar-refractivity contribution in [1.82, 2.24) is 0 Å². The van der Waals surface area contributed by atoms with Crippen molar-refractivity contribution < 1.29 is 35.9 Å². The Hall–Kier alpha value is -0.660. The largest absolute Gasteiger partial charge is 0.461 e. The first kappa shape index (κ1) is 15.3. The fraction of sp³-hybridized carbons (Fsp3) is 0.857. The van der Waals surface area contributed by atoms with Crippen LogP contribution >= 0.6 is 11.6 Å². The van der Waals surface area contributed by atoms with Crippen LogP contribution in [0.2, 0.25) is 0 Å². The van der Waals surface area contributed by atoms with E-state index in [1.165, 1.54) is 0 Å². The quantitative estimate of drug-likeness (QED) is 0.439. The zero-order valence-electron chi connectivity index (χ0n) is 8.04. The number of rotatable bonds is 2. The van der Waals surface area contributed by atoms with Crippen molar-refractivity contribution in [2.75, 3.05) is 0 Å². The third-order valence-corrected chi connectivity index (χ3v) is 1.99. The van der Waals surface area contributed by atoms with Gasteiger partial charge >= 0.3 is 23.2 Å². The van der Waals surface area contributed by atoms with Crippen molar-refractivity contribution in [2.24, 2.45) is 0 Å². The lowest BCUT2D eigenvalue weighted by Crippen LogP contribution is -2.59. The van der Waals surface area contributed by atoms with E-state index in [4.69, 9.17) is 0 Å². The van der Waals surface area contributed by atoms with E-state index >= 15 is 0 Å². The zero-order chi connectivity index (χ0) is 13.4. The topological polar surface area (TPSA) is 26.3 Å². The van der Waals surface area contributed by atoms with Crippen molar-refractivity contribution in [3.8, 4) is 0 Å². The maximum Gasteiger partial charge on any atom is 0.427 e. The number of carbonyl (C=O) groups excluding carboxylic acids is 1. The van der Waals surface area contributed by atoms with Gasteiger partial charge in [-0.1, -0.05) is 11.6 Å². The number of alkyl halides is 7. The first-order valence-electron chi connectivity index (χ1n) is 3.87. The first-order valence-corrected chi connectivity index (χ1v) is 4.25. The lowest BCUT2D eigenvalue weighted by molar-refractivity contribution is -0.269. The molecule has 0 N–H and O–H groups in total. The Morgan fingerprint density at radius 2 is 1.38 bits per heavy atom. The smallest absolute Gasteiger partial charge is 0.427 e. The fourth-order valence-electron chi connectivity index (χ4n) is 0.687. The lowest BCUT2D eigenvalue weighted by Gasteiger charge is -2.29. The minimum atomic E-state index is -5.99. The molecule has 0 saturated heterocycles. The van der Waals surface area contributed by atoms with E-state index in [0.717, 1.165) is 13.8 Å². The molecule has 16 heavy (non-hydrogen) atoms. The molecule has 0 aromatic carbocycles. The van der Waals surface area contributed by atoms with Crippen LogP contribution in [0.5, 0.6) is 0 Å². The van der Waals surface area contributed by atoms with Gasteiger partial charge < -0.3 is 4.74 Å². The maximum atomic E-state index is 12.1. The molecule has 0 unspecified atom stereocenters. The first-order chi connectivity index (χ1) is 6.84. The highest BCUT2D eigenvalue weighted by Crippen LogP contribution is 2.48. The Morgan fingerprint density at radius 1 is 1.06 bits per heavy atom. The Labute approximate surface area is 91.5 Å². The van der Waals surface area contributed by atoms with Gasteiger partial charge in [-0.05, 0) is 13.8 Å². The molecule has 0 fully saturated rings. The Balaban J connectivity index is 5.36. The SMILES string of the molecule is CC(C)OC(=O)C(Cl)(C(F)(F)F)C(F)(F)F. The van der Waals surface area contributed by atoms with Gasteiger partial charge in [0.1, 0.15) is 0 Å². The maximum absolute atomic E-state index is 12.1. The van der Waals surface area contributed by atoms with E-state index < -0.39 is 29.3 Å². The normalized spacial score (nSPS) is 14.1. The lowest BCUT2D eigenvalue weighted by atomic mass is 10.1. The number of hydrogen-bond donors (Lipinski definition) is 0. The van der Waals surface area contributed by atoms with Gasteiger partial charge in [0.2, 0.25) is 0 Å². The molecule has 0 saturated carbocycles. The summed E-state index contributed by atoms with van der Waals surface area (Å²) in [5, 5.41) is 0. The average molecular weight is 273 g/mol. The molecule has 0 heterocycles. The van der Waals surface area contributed by atoms with Gasteiger partial charge in [-0.3, -0.25) is 0 Å². The number of halogens is 7. The molecule has 0 aliphatic carbocycles. The Kier molecular flexibility index (Phi) is 4.13. The molecule has 0 atom stereocenters. The highest BCUT2D eigenvalue weighted by Gasteiger charge is 2.76. The summed E-state index contributed by atoms with van der Waals surface area (Å²) in [7, 11) is 0. The third kappa shape index (κ3) is 2.72. The van der Waals surface area contributed by atoms with Crippen LogP contribution in [0.15, 0.2) is 0 Å². The summed E-state index contributed by atoms with van der Waals surface area (Å²) in [6, 6.07) is 0. The summed E-state index contributed by atoms with van der Waals surface area (Å²) in [4.78, 5) is 5.75. The van der Waals surface area contributed by atoms with Gasteiger partial charge in [-0.2, -0.15) is 26.3 Å². The molecule has 0 rings (SSSR count). The number of ether oxygens (including phenoxy) is 1. The predicted molar refractivity (Wildman–Crippen MR) is 41.9 cm³/mol. The molecule has 96 valence electrons. The van der Waals surface area contributed by atoms with Crippen LogP contribution in [0.4, 0.5) is 26.3 Å². The van der Waals surface area contributed by atoms with E-state index in [9.17, 15) is 31.1 Å². The van der Waals surface area contributed by atoms with Crippen LogP contribution in [-0.4, -0.2) is 29.3 Å². The number of carbonyl (C=O) groups is 1. The van der Waals surface area contributed by atoms with Gasteiger partial charge in [-0.15, -0.1) is 0 Å². The number of esters is 1. The van der Waals surface area contributed by atoms with Gasteiger partial charge in [0.25, 0.3) is 0 Å². The van der Waals surface area contributed by atoms with Crippen molar-refractivity contribution >= 4 is 17.6 Å². The summed E-state index contributed by atoms with van der Waals surface area (Å²) < 4.78 is 76.7.